The van der Waals surface area contributed by atoms with E-state index in [1.807, 2.05) is 90.3 Å². The molecular formula is C25H19BrN2O2S. The molecule has 2 N–H and O–H groups in total. The molecule has 0 aliphatic rings. The van der Waals surface area contributed by atoms with E-state index in [2.05, 4.69) is 26.6 Å². The third-order valence-electron chi connectivity index (χ3n) is 4.65. The monoisotopic (exact) mass is 490 g/mol. The number of thiophene rings is 1. The molecule has 4 rings (SSSR count). The molecule has 2 amide bonds. The lowest BCUT2D eigenvalue weighted by Gasteiger charge is -2.11. The summed E-state index contributed by atoms with van der Waals surface area (Å²) in [6.45, 7) is 0. The summed E-state index contributed by atoms with van der Waals surface area (Å²) in [6.07, 6.45) is 0.242. The first-order valence-corrected chi connectivity index (χ1v) is 11.3. The summed E-state index contributed by atoms with van der Waals surface area (Å²) in [6, 6.07) is 26.6. The van der Waals surface area contributed by atoms with E-state index in [0.717, 1.165) is 21.2 Å². The fourth-order valence-corrected chi connectivity index (χ4v) is 4.60. The van der Waals surface area contributed by atoms with Gasteiger partial charge in [0.25, 0.3) is 5.91 Å². The zero-order valence-electron chi connectivity index (χ0n) is 16.5. The average Bonchev–Trinajstić information content (AvgIpc) is 3.18. The largest absolute Gasteiger partial charge is 0.322 e. The van der Waals surface area contributed by atoms with Crippen molar-refractivity contribution in [3.8, 4) is 11.1 Å². The van der Waals surface area contributed by atoms with Crippen LogP contribution >= 0.6 is 27.3 Å². The predicted molar refractivity (Wildman–Crippen MR) is 131 cm³/mol. The van der Waals surface area contributed by atoms with E-state index in [1.54, 1.807) is 0 Å². The van der Waals surface area contributed by atoms with Crippen molar-refractivity contribution < 1.29 is 9.59 Å². The van der Waals surface area contributed by atoms with Crippen molar-refractivity contribution >= 4 is 49.8 Å². The van der Waals surface area contributed by atoms with Crippen LogP contribution in [0.15, 0.2) is 94.8 Å². The lowest BCUT2D eigenvalue weighted by atomic mass is 10.0. The van der Waals surface area contributed by atoms with Gasteiger partial charge in [-0.15, -0.1) is 11.3 Å². The molecule has 0 aliphatic heterocycles. The van der Waals surface area contributed by atoms with Gasteiger partial charge in [0, 0.05) is 21.1 Å². The summed E-state index contributed by atoms with van der Waals surface area (Å²) in [5, 5.41) is 8.32. The fraction of sp³-hybridized carbons (Fsp3) is 0.0400. The third kappa shape index (κ3) is 5.29. The highest BCUT2D eigenvalue weighted by atomic mass is 79.9. The molecule has 154 valence electrons. The van der Waals surface area contributed by atoms with Gasteiger partial charge in [0.1, 0.15) is 5.00 Å². The molecule has 0 saturated heterocycles. The van der Waals surface area contributed by atoms with Gasteiger partial charge in [0.2, 0.25) is 5.91 Å². The summed E-state index contributed by atoms with van der Waals surface area (Å²) >= 11 is 4.77. The Bertz CT molecular complexity index is 1210. The maximum Gasteiger partial charge on any atom is 0.259 e. The van der Waals surface area contributed by atoms with Crippen LogP contribution in [-0.4, -0.2) is 11.8 Å². The lowest BCUT2D eigenvalue weighted by Crippen LogP contribution is -2.18. The van der Waals surface area contributed by atoms with Crippen LogP contribution in [0, 0.1) is 0 Å². The molecule has 0 bridgehead atoms. The zero-order chi connectivity index (χ0) is 21.6. The fourth-order valence-electron chi connectivity index (χ4n) is 3.22. The molecule has 31 heavy (non-hydrogen) atoms. The molecular weight excluding hydrogens is 472 g/mol. The summed E-state index contributed by atoms with van der Waals surface area (Å²) in [7, 11) is 0. The number of carbonyl (C=O) groups is 2. The topological polar surface area (TPSA) is 58.2 Å². The van der Waals surface area contributed by atoms with Gasteiger partial charge in [-0.25, -0.2) is 0 Å². The molecule has 0 unspecified atom stereocenters. The van der Waals surface area contributed by atoms with Crippen LogP contribution in [0.2, 0.25) is 0 Å². The van der Waals surface area contributed by atoms with Crippen LogP contribution in [-0.2, 0) is 11.2 Å². The average molecular weight is 491 g/mol. The highest BCUT2D eigenvalue weighted by molar-refractivity contribution is 9.10. The molecule has 1 heterocycles. The number of benzene rings is 3. The normalized spacial score (nSPS) is 10.5. The Morgan fingerprint density at radius 3 is 2.26 bits per heavy atom. The Kier molecular flexibility index (Phi) is 6.60. The lowest BCUT2D eigenvalue weighted by molar-refractivity contribution is -0.115. The van der Waals surface area contributed by atoms with E-state index in [4.69, 9.17) is 0 Å². The number of halogens is 1. The van der Waals surface area contributed by atoms with Crippen LogP contribution in [0.3, 0.4) is 0 Å². The van der Waals surface area contributed by atoms with Crippen molar-refractivity contribution in [1.29, 1.82) is 0 Å². The number of hydrogen-bond donors (Lipinski definition) is 2. The van der Waals surface area contributed by atoms with Crippen LogP contribution in [0.5, 0.6) is 0 Å². The van der Waals surface area contributed by atoms with Crippen molar-refractivity contribution in [3.05, 3.63) is 106 Å². The minimum Gasteiger partial charge on any atom is -0.322 e. The Morgan fingerprint density at radius 2 is 1.55 bits per heavy atom. The van der Waals surface area contributed by atoms with E-state index in [9.17, 15) is 9.59 Å². The second-order valence-electron chi connectivity index (χ2n) is 6.89. The Balaban J connectivity index is 1.64. The number of hydrogen-bond acceptors (Lipinski definition) is 3. The first kappa shape index (κ1) is 21.0. The predicted octanol–water partition coefficient (Wildman–Crippen LogP) is 6.61. The molecule has 1 aromatic heterocycles. The van der Waals surface area contributed by atoms with Gasteiger partial charge >= 0.3 is 0 Å². The maximum atomic E-state index is 13.3. The number of rotatable bonds is 6. The summed E-state index contributed by atoms with van der Waals surface area (Å²) < 4.78 is 0.871. The van der Waals surface area contributed by atoms with E-state index < -0.39 is 0 Å². The smallest absolute Gasteiger partial charge is 0.259 e. The molecule has 4 nitrogen and oxygen atoms in total. The Hall–Kier alpha value is -3.22. The maximum absolute atomic E-state index is 13.3. The van der Waals surface area contributed by atoms with Crippen molar-refractivity contribution in [3.63, 3.8) is 0 Å². The molecule has 6 heteroatoms. The van der Waals surface area contributed by atoms with Crippen LogP contribution in [0.1, 0.15) is 15.9 Å². The van der Waals surface area contributed by atoms with Crippen molar-refractivity contribution in [2.45, 2.75) is 6.42 Å². The van der Waals surface area contributed by atoms with Crippen LogP contribution < -0.4 is 10.6 Å². The van der Waals surface area contributed by atoms with Gasteiger partial charge in [-0.2, -0.15) is 0 Å². The molecule has 0 spiro atoms. The van der Waals surface area contributed by atoms with Gasteiger partial charge in [0.15, 0.2) is 0 Å². The number of carbonyl (C=O) groups excluding carboxylic acids is 2. The molecule has 0 saturated carbocycles. The third-order valence-corrected chi connectivity index (χ3v) is 6.03. The van der Waals surface area contributed by atoms with Crippen LogP contribution in [0.4, 0.5) is 10.7 Å². The van der Waals surface area contributed by atoms with Gasteiger partial charge in [-0.1, -0.05) is 82.7 Å². The quantitative estimate of drug-likeness (QED) is 0.319. The summed E-state index contributed by atoms with van der Waals surface area (Å²) in [4.78, 5) is 25.9. The summed E-state index contributed by atoms with van der Waals surface area (Å²) in [5.41, 5.74) is 3.75. The standard InChI is InChI=1S/C25H19BrN2O2S/c26-19-12-7-13-20(15-19)27-24(30)23-21(18-10-5-2-6-11-18)16-31-25(23)28-22(29)14-17-8-3-1-4-9-17/h1-13,15-16H,14H2,(H,27,30)(H,28,29). The van der Waals surface area contributed by atoms with Crippen molar-refractivity contribution in [2.24, 2.45) is 0 Å². The Labute approximate surface area is 193 Å². The van der Waals surface area contributed by atoms with Gasteiger partial charge in [-0.05, 0) is 29.3 Å². The van der Waals surface area contributed by atoms with Gasteiger partial charge in [0.05, 0.1) is 12.0 Å². The second-order valence-corrected chi connectivity index (χ2v) is 8.69. The van der Waals surface area contributed by atoms with E-state index >= 15 is 0 Å². The number of amides is 2. The minimum atomic E-state index is -0.270. The molecule has 4 aromatic rings. The first-order chi connectivity index (χ1) is 15.1. The van der Waals surface area contributed by atoms with Gasteiger partial charge < -0.3 is 10.6 Å². The highest BCUT2D eigenvalue weighted by Gasteiger charge is 2.22. The number of nitrogens with one attached hydrogen (secondary N) is 2. The SMILES string of the molecule is O=C(Cc1ccccc1)Nc1scc(-c2ccccc2)c1C(=O)Nc1cccc(Br)c1. The molecule has 0 aliphatic carbocycles. The highest BCUT2D eigenvalue weighted by Crippen LogP contribution is 2.36. The Morgan fingerprint density at radius 1 is 0.839 bits per heavy atom. The molecule has 0 fully saturated rings. The summed E-state index contributed by atoms with van der Waals surface area (Å²) in [5.74, 6) is -0.433. The molecule has 0 radical (unpaired) electrons. The van der Waals surface area contributed by atoms with Crippen molar-refractivity contribution in [1.82, 2.24) is 0 Å². The molecule has 0 atom stereocenters. The second kappa shape index (κ2) is 9.73. The molecule has 3 aromatic carbocycles. The van der Waals surface area contributed by atoms with E-state index in [1.165, 1.54) is 11.3 Å². The minimum absolute atomic E-state index is 0.163. The van der Waals surface area contributed by atoms with Crippen molar-refractivity contribution in [2.75, 3.05) is 10.6 Å². The first-order valence-electron chi connectivity index (χ1n) is 9.68. The van der Waals surface area contributed by atoms with Gasteiger partial charge in [-0.3, -0.25) is 9.59 Å². The van der Waals surface area contributed by atoms with E-state index in [0.29, 0.717) is 16.3 Å². The number of anilines is 2. The van der Waals surface area contributed by atoms with Crippen LogP contribution in [0.25, 0.3) is 11.1 Å². The van der Waals surface area contributed by atoms with E-state index in [-0.39, 0.29) is 18.2 Å². The zero-order valence-corrected chi connectivity index (χ0v) is 18.9.